The molecule has 0 atom stereocenters. The molecule has 0 aromatic heterocycles. The third kappa shape index (κ3) is 5.10. The van der Waals surface area contributed by atoms with Crippen LogP contribution in [-0.4, -0.2) is 18.7 Å². The summed E-state index contributed by atoms with van der Waals surface area (Å²) in [5.41, 5.74) is 0. The maximum absolute atomic E-state index is 11.9. The summed E-state index contributed by atoms with van der Waals surface area (Å²) in [5, 5.41) is 4.06. The lowest BCUT2D eigenvalue weighted by molar-refractivity contribution is -0.143. The van der Waals surface area contributed by atoms with Gasteiger partial charge in [0.25, 0.3) is 0 Å². The van der Waals surface area contributed by atoms with Gasteiger partial charge in [0.2, 0.25) is 0 Å². The molecule has 3 aromatic rings. The smallest absolute Gasteiger partial charge is 0.466 e. The first-order valence-corrected chi connectivity index (χ1v) is 11.5. The lowest BCUT2D eigenvalue weighted by atomic mass is 10.3. The molecule has 28 heavy (non-hydrogen) atoms. The molecule has 0 heterocycles. The predicted molar refractivity (Wildman–Crippen MR) is 116 cm³/mol. The second-order valence-electron chi connectivity index (χ2n) is 6.45. The number of carbonyl (C=O) groups is 1. The largest absolute Gasteiger partial charge is 1.00 e. The van der Waals surface area contributed by atoms with E-state index in [0.29, 0.717) is 13.0 Å². The highest BCUT2D eigenvalue weighted by molar-refractivity contribution is 7.95. The van der Waals surface area contributed by atoms with Gasteiger partial charge in [0, 0.05) is 6.42 Å². The number of hydrogen-bond donors (Lipinski definition) is 0. The van der Waals surface area contributed by atoms with Crippen molar-refractivity contribution < 1.29 is 26.5 Å². The lowest BCUT2D eigenvalue weighted by Crippen LogP contribution is -2.33. The Hall–Kier alpha value is -1.96. The molecule has 0 amide bonds. The van der Waals surface area contributed by atoms with Gasteiger partial charge in [-0.1, -0.05) is 54.6 Å². The van der Waals surface area contributed by atoms with E-state index in [4.69, 9.17) is 4.74 Å². The van der Waals surface area contributed by atoms with Crippen LogP contribution < -0.4 is 15.9 Å². The topological polar surface area (TPSA) is 26.3 Å². The Morgan fingerprint density at radius 2 is 1.14 bits per heavy atom. The number of carbonyl (C=O) groups excluding carboxylic acids is 1. The summed E-state index contributed by atoms with van der Waals surface area (Å²) in [5.74, 6) is -0.107. The van der Waals surface area contributed by atoms with Crippen molar-refractivity contribution in [1.82, 2.24) is 0 Å². The highest BCUT2D eigenvalue weighted by atomic mass is 79.9. The number of esters is 1. The van der Waals surface area contributed by atoms with Crippen molar-refractivity contribution in [3.05, 3.63) is 91.0 Å². The molecule has 0 aliphatic rings. The lowest BCUT2D eigenvalue weighted by Gasteiger charge is -2.27. The number of halogens is 1. The van der Waals surface area contributed by atoms with Crippen LogP contribution in [0.4, 0.5) is 0 Å². The van der Waals surface area contributed by atoms with E-state index in [0.717, 1.165) is 12.6 Å². The minimum absolute atomic E-state index is 0. The Balaban J connectivity index is 0.00000280. The maximum atomic E-state index is 11.9. The minimum atomic E-state index is -1.84. The molecular weight excluding hydrogens is 431 g/mol. The molecule has 0 bridgehead atoms. The van der Waals surface area contributed by atoms with Crippen LogP contribution in [0.15, 0.2) is 91.0 Å². The number of rotatable bonds is 8. The number of ether oxygens (including phenoxy) is 1. The van der Waals surface area contributed by atoms with Gasteiger partial charge in [0.15, 0.2) is 0 Å². The van der Waals surface area contributed by atoms with Crippen LogP contribution in [0.25, 0.3) is 0 Å². The monoisotopic (exact) mass is 456 g/mol. The van der Waals surface area contributed by atoms with Gasteiger partial charge in [0.1, 0.15) is 23.2 Å². The summed E-state index contributed by atoms with van der Waals surface area (Å²) in [6.45, 7) is 2.29. The van der Waals surface area contributed by atoms with Crippen LogP contribution in [0.5, 0.6) is 0 Å². The van der Waals surface area contributed by atoms with Gasteiger partial charge in [-0.3, -0.25) is 4.79 Å². The highest BCUT2D eigenvalue weighted by Gasteiger charge is 2.44. The van der Waals surface area contributed by atoms with Crippen molar-refractivity contribution in [3.63, 3.8) is 0 Å². The summed E-state index contributed by atoms with van der Waals surface area (Å²) in [7, 11) is -1.84. The highest BCUT2D eigenvalue weighted by Crippen LogP contribution is 2.55. The van der Waals surface area contributed by atoms with E-state index in [9.17, 15) is 4.79 Å². The molecule has 0 N–H and O–H groups in total. The third-order valence-corrected chi connectivity index (χ3v) is 9.30. The summed E-state index contributed by atoms with van der Waals surface area (Å²) in [6.07, 6.45) is 2.22. The molecule has 0 saturated heterocycles. The molecule has 3 aromatic carbocycles. The molecule has 0 unspecified atom stereocenters. The van der Waals surface area contributed by atoms with Crippen LogP contribution in [0, 0.1) is 17.0 Å². The molecule has 144 valence electrons. The molecule has 2 radical (unpaired) electrons. The summed E-state index contributed by atoms with van der Waals surface area (Å²) < 4.78 is 5.15. The summed E-state index contributed by atoms with van der Waals surface area (Å²) in [6, 6.07) is 32.3. The van der Waals surface area contributed by atoms with Crippen molar-refractivity contribution in [2.75, 3.05) is 12.8 Å². The normalized spacial score (nSPS) is 10.8. The van der Waals surface area contributed by atoms with Gasteiger partial charge in [-0.25, -0.2) is 0 Å². The quantitative estimate of drug-likeness (QED) is 0.372. The van der Waals surface area contributed by atoms with E-state index in [-0.39, 0.29) is 23.0 Å². The Morgan fingerprint density at radius 3 is 1.50 bits per heavy atom. The van der Waals surface area contributed by atoms with E-state index >= 15 is 0 Å². The van der Waals surface area contributed by atoms with Crippen LogP contribution in [-0.2, 0) is 9.53 Å². The molecule has 3 rings (SSSR count). The average molecular weight is 457 g/mol. The molecule has 0 spiro atoms. The van der Waals surface area contributed by atoms with E-state index in [1.54, 1.807) is 0 Å². The fraction of sp³-hybridized carbons (Fsp3) is 0.208. The average Bonchev–Trinajstić information content (AvgIpc) is 2.73. The SMILES string of the molecule is CCOC(=O)CCC[P+](c1ccccc1)(c1ccccc1)c1ccccc1.[Br+]. The Kier molecular flexibility index (Phi) is 8.89. The molecule has 0 saturated carbocycles. The first-order valence-electron chi connectivity index (χ1n) is 9.48. The second kappa shape index (κ2) is 11.1. The third-order valence-electron chi connectivity index (χ3n) is 4.77. The van der Waals surface area contributed by atoms with Crippen molar-refractivity contribution in [3.8, 4) is 0 Å². The zero-order chi connectivity index (χ0) is 19.0. The second-order valence-corrected chi connectivity index (χ2v) is 10.1. The zero-order valence-electron chi connectivity index (χ0n) is 16.1. The molecule has 0 aliphatic heterocycles. The molecule has 2 nitrogen and oxygen atoms in total. The minimum Gasteiger partial charge on any atom is -0.466 e. The summed E-state index contributed by atoms with van der Waals surface area (Å²) in [4.78, 5) is 11.9. The van der Waals surface area contributed by atoms with Crippen LogP contribution in [0.1, 0.15) is 19.8 Å². The Labute approximate surface area is 179 Å². The van der Waals surface area contributed by atoms with E-state index in [1.807, 2.05) is 6.92 Å². The molecule has 0 aliphatic carbocycles. The Bertz CT molecular complexity index is 742. The zero-order valence-corrected chi connectivity index (χ0v) is 18.6. The van der Waals surface area contributed by atoms with E-state index in [2.05, 4.69) is 91.0 Å². The van der Waals surface area contributed by atoms with Crippen molar-refractivity contribution >= 4 is 29.1 Å². The van der Waals surface area contributed by atoms with E-state index in [1.165, 1.54) is 15.9 Å². The van der Waals surface area contributed by atoms with Gasteiger partial charge in [-0.2, -0.15) is 0 Å². The predicted octanol–water partition coefficient (Wildman–Crippen LogP) is 4.32. The van der Waals surface area contributed by atoms with Gasteiger partial charge < -0.3 is 4.74 Å². The van der Waals surface area contributed by atoms with Gasteiger partial charge in [-0.15, -0.1) is 0 Å². The standard InChI is InChI=1S/C24H26O2P.Br/c1-2-26-24(25)19-12-20-27(21-13-6-3-7-14-21,22-15-8-4-9-16-22)23-17-10-5-11-18-23;/h3-11,13-18H,2,12,19-20H2,1H3;/q2*+1. The number of benzene rings is 3. The Morgan fingerprint density at radius 1 is 0.750 bits per heavy atom. The van der Waals surface area contributed by atoms with Crippen molar-refractivity contribution in [1.29, 1.82) is 0 Å². The molecule has 0 fully saturated rings. The summed E-state index contributed by atoms with van der Waals surface area (Å²) >= 11 is 0. The van der Waals surface area contributed by atoms with Crippen LogP contribution in [0.2, 0.25) is 0 Å². The van der Waals surface area contributed by atoms with E-state index < -0.39 is 7.26 Å². The fourth-order valence-electron chi connectivity index (χ4n) is 3.58. The van der Waals surface area contributed by atoms with Crippen LogP contribution in [0.3, 0.4) is 0 Å². The molecular formula is C24H26BrO2P+2. The number of hydrogen-bond acceptors (Lipinski definition) is 2. The molecule has 4 heteroatoms. The first kappa shape index (κ1) is 22.3. The van der Waals surface area contributed by atoms with Crippen molar-refractivity contribution in [2.24, 2.45) is 0 Å². The van der Waals surface area contributed by atoms with Gasteiger partial charge in [-0.05, 0) is 49.7 Å². The maximum Gasteiger partial charge on any atom is 1.00 e. The first-order chi connectivity index (χ1) is 13.3. The fourth-order valence-corrected chi connectivity index (χ4v) is 7.92. The van der Waals surface area contributed by atoms with Crippen molar-refractivity contribution in [2.45, 2.75) is 19.8 Å². The van der Waals surface area contributed by atoms with Crippen LogP contribution >= 0.6 is 7.26 Å². The van der Waals surface area contributed by atoms with Gasteiger partial charge >= 0.3 is 23.0 Å². The van der Waals surface area contributed by atoms with Gasteiger partial charge in [0.05, 0.1) is 12.8 Å².